The van der Waals surface area contributed by atoms with Gasteiger partial charge < -0.3 is 5.32 Å². The van der Waals surface area contributed by atoms with Gasteiger partial charge in [0.2, 0.25) is 11.0 Å². The Morgan fingerprint density at radius 2 is 1.96 bits per heavy atom. The van der Waals surface area contributed by atoms with Crippen LogP contribution in [-0.2, 0) is 15.0 Å². The summed E-state index contributed by atoms with van der Waals surface area (Å²) in [6, 6.07) is 7.92. The normalized spacial score (nSPS) is 18.6. The van der Waals surface area contributed by atoms with Gasteiger partial charge in [0.25, 0.3) is 10.2 Å². The Morgan fingerprint density at radius 1 is 1.26 bits per heavy atom. The molecule has 1 aromatic carbocycles. The molecule has 146 valence electrons. The summed E-state index contributed by atoms with van der Waals surface area (Å²) in [7, 11) is -0.528. The van der Waals surface area contributed by atoms with Crippen LogP contribution in [0, 0.1) is 12.8 Å². The summed E-state index contributed by atoms with van der Waals surface area (Å²) in [5, 5.41) is 12.1. The molecule has 0 aliphatic carbocycles. The molecule has 10 heteroatoms. The molecule has 3 rings (SSSR count). The van der Waals surface area contributed by atoms with Gasteiger partial charge in [0, 0.05) is 32.7 Å². The van der Waals surface area contributed by atoms with E-state index in [0.29, 0.717) is 24.5 Å². The van der Waals surface area contributed by atoms with E-state index in [1.165, 1.54) is 34.0 Å². The number of hydrogen-bond donors (Lipinski definition) is 1. The van der Waals surface area contributed by atoms with Crippen molar-refractivity contribution >= 4 is 32.6 Å². The summed E-state index contributed by atoms with van der Waals surface area (Å²) in [4.78, 5) is 12.6. The number of nitrogens with zero attached hydrogens (tertiary/aromatic N) is 4. The zero-order valence-electron chi connectivity index (χ0n) is 15.5. The second kappa shape index (κ2) is 8.01. The highest BCUT2D eigenvalue weighted by molar-refractivity contribution is 7.86. The van der Waals surface area contributed by atoms with Crippen LogP contribution in [0.5, 0.6) is 0 Å². The van der Waals surface area contributed by atoms with Gasteiger partial charge in [-0.1, -0.05) is 41.2 Å². The smallest absolute Gasteiger partial charge is 0.281 e. The average Bonchev–Trinajstić information content (AvgIpc) is 3.10. The number of anilines is 1. The standard InChI is InChI=1S/C17H23N5O3S2/c1-12-6-8-13(9-7-12)16-19-20-17(26-16)18-15(23)14-5-4-10-22(11-14)27(24,25)21(2)3/h6-9,14H,4-5,10-11H2,1-3H3,(H,18,20,23)/t14-/m1/s1. The molecule has 0 radical (unpaired) electrons. The van der Waals surface area contributed by atoms with Crippen LogP contribution in [-0.4, -0.2) is 60.3 Å². The van der Waals surface area contributed by atoms with Crippen LogP contribution in [0.25, 0.3) is 10.6 Å². The zero-order valence-corrected chi connectivity index (χ0v) is 17.2. The van der Waals surface area contributed by atoms with Gasteiger partial charge in [-0.05, 0) is 19.8 Å². The molecular formula is C17H23N5O3S2. The quantitative estimate of drug-likeness (QED) is 0.815. The molecule has 8 nitrogen and oxygen atoms in total. The minimum absolute atomic E-state index is 0.177. The van der Waals surface area contributed by atoms with Crippen molar-refractivity contribution in [1.29, 1.82) is 0 Å². The molecule has 1 aliphatic heterocycles. The summed E-state index contributed by atoms with van der Waals surface area (Å²) in [5.74, 6) is -0.625. The summed E-state index contributed by atoms with van der Waals surface area (Å²) in [6.07, 6.45) is 1.30. The van der Waals surface area contributed by atoms with Crippen molar-refractivity contribution in [2.45, 2.75) is 19.8 Å². The van der Waals surface area contributed by atoms with Crippen molar-refractivity contribution < 1.29 is 13.2 Å². The van der Waals surface area contributed by atoms with Crippen molar-refractivity contribution in [1.82, 2.24) is 18.8 Å². The Morgan fingerprint density at radius 3 is 2.63 bits per heavy atom. The molecule has 0 saturated carbocycles. The third-order valence-electron chi connectivity index (χ3n) is 4.50. The van der Waals surface area contributed by atoms with Gasteiger partial charge in [-0.25, -0.2) is 0 Å². The third-order valence-corrected chi connectivity index (χ3v) is 7.29. The Balaban J connectivity index is 1.66. The van der Waals surface area contributed by atoms with E-state index < -0.39 is 16.1 Å². The number of benzene rings is 1. The fourth-order valence-electron chi connectivity index (χ4n) is 2.89. The maximum atomic E-state index is 12.6. The van der Waals surface area contributed by atoms with Crippen LogP contribution < -0.4 is 5.32 Å². The number of amides is 1. The molecule has 0 unspecified atom stereocenters. The Hall–Kier alpha value is -1.88. The molecule has 1 aromatic heterocycles. The summed E-state index contributed by atoms with van der Waals surface area (Å²) >= 11 is 1.30. The topological polar surface area (TPSA) is 95.5 Å². The van der Waals surface area contributed by atoms with Crippen LogP contribution in [0.4, 0.5) is 5.13 Å². The SMILES string of the molecule is Cc1ccc(-c2nnc(NC(=O)[C@@H]3CCCN(S(=O)(=O)N(C)C)C3)s2)cc1. The minimum atomic E-state index is -3.51. The van der Waals surface area contributed by atoms with Gasteiger partial charge in [-0.15, -0.1) is 10.2 Å². The van der Waals surface area contributed by atoms with Gasteiger partial charge in [-0.3, -0.25) is 4.79 Å². The van der Waals surface area contributed by atoms with E-state index in [-0.39, 0.29) is 12.5 Å². The number of hydrogen-bond acceptors (Lipinski definition) is 6. The lowest BCUT2D eigenvalue weighted by Gasteiger charge is -2.32. The van der Waals surface area contributed by atoms with E-state index in [0.717, 1.165) is 16.1 Å². The Kier molecular flexibility index (Phi) is 5.89. The molecule has 1 N–H and O–H groups in total. The molecular weight excluding hydrogens is 386 g/mol. The predicted molar refractivity (Wildman–Crippen MR) is 106 cm³/mol. The molecule has 1 fully saturated rings. The van der Waals surface area contributed by atoms with E-state index in [9.17, 15) is 13.2 Å². The maximum absolute atomic E-state index is 12.6. The Bertz CT molecular complexity index is 909. The van der Waals surface area contributed by atoms with Crippen LogP contribution >= 0.6 is 11.3 Å². The number of piperidine rings is 1. The molecule has 27 heavy (non-hydrogen) atoms. The second-order valence-corrected chi connectivity index (χ2v) is 9.87. The zero-order chi connectivity index (χ0) is 19.6. The lowest BCUT2D eigenvalue weighted by atomic mass is 9.99. The Labute approximate surface area is 163 Å². The van der Waals surface area contributed by atoms with Crippen molar-refractivity contribution in [3.63, 3.8) is 0 Å². The molecule has 1 aliphatic rings. The van der Waals surface area contributed by atoms with E-state index in [1.807, 2.05) is 31.2 Å². The van der Waals surface area contributed by atoms with E-state index in [2.05, 4.69) is 15.5 Å². The summed E-state index contributed by atoms with van der Waals surface area (Å²) in [5.41, 5.74) is 2.10. The lowest BCUT2D eigenvalue weighted by molar-refractivity contribution is -0.120. The number of nitrogens with one attached hydrogen (secondary N) is 1. The van der Waals surface area contributed by atoms with E-state index >= 15 is 0 Å². The predicted octanol–water partition coefficient (Wildman–Crippen LogP) is 1.97. The van der Waals surface area contributed by atoms with Crippen molar-refractivity contribution in [2.24, 2.45) is 5.92 Å². The largest absolute Gasteiger partial charge is 0.300 e. The van der Waals surface area contributed by atoms with Crippen molar-refractivity contribution in [3.8, 4) is 10.6 Å². The van der Waals surface area contributed by atoms with Crippen LogP contribution in [0.2, 0.25) is 0 Å². The number of aryl methyl sites for hydroxylation is 1. The highest BCUT2D eigenvalue weighted by atomic mass is 32.2. The highest BCUT2D eigenvalue weighted by Gasteiger charge is 2.33. The van der Waals surface area contributed by atoms with Gasteiger partial charge in [0.15, 0.2) is 0 Å². The van der Waals surface area contributed by atoms with Crippen LogP contribution in [0.15, 0.2) is 24.3 Å². The number of carbonyl (C=O) groups excluding carboxylic acids is 1. The fourth-order valence-corrected chi connectivity index (χ4v) is 4.83. The van der Waals surface area contributed by atoms with E-state index in [1.54, 1.807) is 0 Å². The first kappa shape index (κ1) is 19.9. The minimum Gasteiger partial charge on any atom is -0.300 e. The second-order valence-electron chi connectivity index (χ2n) is 6.75. The molecule has 2 heterocycles. The van der Waals surface area contributed by atoms with Crippen molar-refractivity contribution in [2.75, 3.05) is 32.5 Å². The molecule has 1 amide bonds. The van der Waals surface area contributed by atoms with E-state index in [4.69, 9.17) is 0 Å². The lowest BCUT2D eigenvalue weighted by Crippen LogP contribution is -2.47. The maximum Gasteiger partial charge on any atom is 0.281 e. The van der Waals surface area contributed by atoms with Gasteiger partial charge in [-0.2, -0.15) is 17.0 Å². The fraction of sp³-hybridized carbons (Fsp3) is 0.471. The summed E-state index contributed by atoms with van der Waals surface area (Å²) < 4.78 is 27.1. The highest BCUT2D eigenvalue weighted by Crippen LogP contribution is 2.28. The molecule has 1 saturated heterocycles. The van der Waals surface area contributed by atoms with Gasteiger partial charge in [0.1, 0.15) is 5.01 Å². The van der Waals surface area contributed by atoms with Crippen molar-refractivity contribution in [3.05, 3.63) is 29.8 Å². The number of carbonyl (C=O) groups is 1. The van der Waals surface area contributed by atoms with Crippen LogP contribution in [0.3, 0.4) is 0 Å². The third kappa shape index (κ3) is 4.52. The first-order chi connectivity index (χ1) is 12.8. The molecule has 0 spiro atoms. The van der Waals surface area contributed by atoms with Gasteiger partial charge >= 0.3 is 0 Å². The molecule has 1 atom stereocenters. The number of aromatic nitrogens is 2. The monoisotopic (exact) mass is 409 g/mol. The van der Waals surface area contributed by atoms with Gasteiger partial charge in [0.05, 0.1) is 5.92 Å². The summed E-state index contributed by atoms with van der Waals surface area (Å²) in [6.45, 7) is 2.62. The first-order valence-electron chi connectivity index (χ1n) is 8.66. The molecule has 0 bridgehead atoms. The molecule has 2 aromatic rings. The van der Waals surface area contributed by atoms with Crippen LogP contribution in [0.1, 0.15) is 18.4 Å². The average molecular weight is 410 g/mol. The number of rotatable bonds is 5. The first-order valence-corrected chi connectivity index (χ1v) is 10.9.